The van der Waals surface area contributed by atoms with E-state index in [0.717, 1.165) is 16.3 Å². The first kappa shape index (κ1) is 14.0. The normalized spacial score (nSPS) is 18.2. The minimum absolute atomic E-state index is 0.330. The lowest BCUT2D eigenvalue weighted by molar-refractivity contribution is 0.840. The van der Waals surface area contributed by atoms with Crippen molar-refractivity contribution in [3.05, 3.63) is 57.9 Å². The molecule has 0 bridgehead atoms. The monoisotopic (exact) mass is 282 g/mol. The summed E-state index contributed by atoms with van der Waals surface area (Å²) < 4.78 is 0. The molecule has 4 nitrogen and oxygen atoms in total. The third kappa shape index (κ3) is 2.49. The highest BCUT2D eigenvalue weighted by Crippen LogP contribution is 2.38. The molecule has 0 fully saturated rings. The van der Waals surface area contributed by atoms with Gasteiger partial charge in [-0.3, -0.25) is 0 Å². The first-order valence-electron chi connectivity index (χ1n) is 6.21. The lowest BCUT2D eigenvalue weighted by Gasteiger charge is -2.26. The highest BCUT2D eigenvalue weighted by molar-refractivity contribution is 8.03. The number of rotatable bonds is 3. The molecule has 3 N–H and O–H groups in total. The van der Waals surface area contributed by atoms with Crippen molar-refractivity contribution < 1.29 is 0 Å². The molecule has 1 heterocycles. The van der Waals surface area contributed by atoms with Crippen LogP contribution in [0.2, 0.25) is 0 Å². The number of allylic oxidation sites excluding steroid dienone is 2. The van der Waals surface area contributed by atoms with Gasteiger partial charge in [0.15, 0.2) is 0 Å². The summed E-state index contributed by atoms with van der Waals surface area (Å²) in [4.78, 5) is 0. The van der Waals surface area contributed by atoms with E-state index < -0.39 is 0 Å². The number of hydrogen-bond donors (Lipinski definition) is 2. The third-order valence-electron chi connectivity index (χ3n) is 3.02. The lowest BCUT2D eigenvalue weighted by atomic mass is 9.84. The molecular formula is C15H14N4S. The Morgan fingerprint density at radius 1 is 1.20 bits per heavy atom. The van der Waals surface area contributed by atoms with Gasteiger partial charge in [-0.2, -0.15) is 10.5 Å². The van der Waals surface area contributed by atoms with Crippen LogP contribution in [0.25, 0.3) is 0 Å². The quantitative estimate of drug-likeness (QED) is 0.889. The van der Waals surface area contributed by atoms with Crippen molar-refractivity contribution in [1.29, 1.82) is 10.5 Å². The maximum Gasteiger partial charge on any atom is 0.116 e. The summed E-state index contributed by atoms with van der Waals surface area (Å²) >= 11 is 1.52. The molecule has 1 aromatic rings. The van der Waals surface area contributed by atoms with Gasteiger partial charge in [0.1, 0.15) is 5.82 Å². The fourth-order valence-corrected chi connectivity index (χ4v) is 2.95. The zero-order valence-electron chi connectivity index (χ0n) is 11.1. The van der Waals surface area contributed by atoms with Gasteiger partial charge in [-0.1, -0.05) is 37.3 Å². The summed E-state index contributed by atoms with van der Waals surface area (Å²) in [6.07, 6.45) is 0. The summed E-state index contributed by atoms with van der Waals surface area (Å²) in [5, 5.41) is 22.6. The van der Waals surface area contributed by atoms with Crippen LogP contribution in [-0.2, 0) is 0 Å². The standard InChI is InChI=1S/C15H14N4S/c1-2-20-15-12(9-17)13(10-6-4-3-5-7-10)11(8-16)14(18)19-15/h3-7,13,19H,2,18H2,1H3/t13-/m1/s1. The average molecular weight is 282 g/mol. The molecule has 0 amide bonds. The zero-order chi connectivity index (χ0) is 14.5. The summed E-state index contributed by atoms with van der Waals surface area (Å²) in [5.41, 5.74) is 7.79. The molecule has 0 unspecified atom stereocenters. The Bertz CT molecular complexity index is 647. The number of dihydropyridines is 1. The van der Waals surface area contributed by atoms with Gasteiger partial charge in [-0.05, 0) is 11.3 Å². The van der Waals surface area contributed by atoms with E-state index in [1.54, 1.807) is 0 Å². The van der Waals surface area contributed by atoms with E-state index in [4.69, 9.17) is 5.73 Å². The molecule has 5 heteroatoms. The summed E-state index contributed by atoms with van der Waals surface area (Å²) in [5.74, 6) is 0.766. The largest absolute Gasteiger partial charge is 0.384 e. The van der Waals surface area contributed by atoms with Crippen LogP contribution in [0.1, 0.15) is 18.4 Å². The van der Waals surface area contributed by atoms with Crippen LogP contribution < -0.4 is 11.1 Å². The van der Waals surface area contributed by atoms with Gasteiger partial charge in [-0.25, -0.2) is 0 Å². The lowest BCUT2D eigenvalue weighted by Crippen LogP contribution is -2.29. The first-order chi connectivity index (χ1) is 9.72. The fraction of sp³-hybridized carbons (Fsp3) is 0.200. The Hall–Kier alpha value is -2.37. The van der Waals surface area contributed by atoms with Crippen molar-refractivity contribution in [3.63, 3.8) is 0 Å². The van der Waals surface area contributed by atoms with Crippen LogP contribution in [0.15, 0.2) is 52.3 Å². The molecule has 0 radical (unpaired) electrons. The van der Waals surface area contributed by atoms with Crippen LogP contribution in [-0.4, -0.2) is 5.75 Å². The molecule has 0 saturated carbocycles. The van der Waals surface area contributed by atoms with Gasteiger partial charge < -0.3 is 11.1 Å². The third-order valence-corrected chi connectivity index (χ3v) is 3.92. The average Bonchev–Trinajstić information content (AvgIpc) is 2.48. The molecule has 2 rings (SSSR count). The zero-order valence-corrected chi connectivity index (χ0v) is 11.9. The summed E-state index contributed by atoms with van der Waals surface area (Å²) in [6.45, 7) is 2.01. The fourth-order valence-electron chi connectivity index (χ4n) is 2.17. The summed E-state index contributed by atoms with van der Waals surface area (Å²) in [7, 11) is 0. The van der Waals surface area contributed by atoms with E-state index >= 15 is 0 Å². The topological polar surface area (TPSA) is 85.6 Å². The van der Waals surface area contributed by atoms with Crippen LogP contribution >= 0.6 is 11.8 Å². The van der Waals surface area contributed by atoms with E-state index in [0.29, 0.717) is 17.0 Å². The highest BCUT2D eigenvalue weighted by Gasteiger charge is 2.31. The second-order valence-electron chi connectivity index (χ2n) is 4.20. The number of nitrogens with zero attached hydrogens (tertiary/aromatic N) is 2. The van der Waals surface area contributed by atoms with Gasteiger partial charge in [-0.15, -0.1) is 11.8 Å². The minimum Gasteiger partial charge on any atom is -0.384 e. The van der Waals surface area contributed by atoms with Crippen LogP contribution in [0, 0.1) is 22.7 Å². The Balaban J connectivity index is 2.60. The molecule has 0 aliphatic carbocycles. The summed E-state index contributed by atoms with van der Waals surface area (Å²) in [6, 6.07) is 13.9. The Morgan fingerprint density at radius 2 is 1.85 bits per heavy atom. The number of thioether (sulfide) groups is 1. The molecule has 1 aliphatic heterocycles. The SMILES string of the molecule is CCSC1=C(C#N)[C@H](c2ccccc2)C(C#N)=C(N)N1. The van der Waals surface area contributed by atoms with Crippen molar-refractivity contribution in [2.24, 2.45) is 5.73 Å². The Morgan fingerprint density at radius 3 is 2.40 bits per heavy atom. The van der Waals surface area contributed by atoms with E-state index in [2.05, 4.69) is 17.5 Å². The molecule has 0 aromatic heterocycles. The molecule has 1 aliphatic rings. The van der Waals surface area contributed by atoms with Gasteiger partial charge in [0, 0.05) is 0 Å². The molecule has 0 saturated heterocycles. The number of benzene rings is 1. The van der Waals surface area contributed by atoms with E-state index in [-0.39, 0.29) is 5.92 Å². The van der Waals surface area contributed by atoms with Gasteiger partial charge in [0.2, 0.25) is 0 Å². The predicted octanol–water partition coefficient (Wildman–Crippen LogP) is 2.56. The van der Waals surface area contributed by atoms with Crippen molar-refractivity contribution in [1.82, 2.24) is 5.32 Å². The maximum atomic E-state index is 9.49. The number of nitriles is 2. The van der Waals surface area contributed by atoms with Crippen molar-refractivity contribution in [3.8, 4) is 12.1 Å². The number of nitrogens with two attached hydrogens (primary N) is 1. The molecule has 20 heavy (non-hydrogen) atoms. The van der Waals surface area contributed by atoms with Crippen molar-refractivity contribution in [2.75, 3.05) is 5.75 Å². The van der Waals surface area contributed by atoms with E-state index in [1.165, 1.54) is 11.8 Å². The molecule has 100 valence electrons. The van der Waals surface area contributed by atoms with E-state index in [1.807, 2.05) is 37.3 Å². The smallest absolute Gasteiger partial charge is 0.116 e. The van der Waals surface area contributed by atoms with Gasteiger partial charge in [0.25, 0.3) is 0 Å². The Labute approximate surface area is 122 Å². The van der Waals surface area contributed by atoms with Crippen molar-refractivity contribution in [2.45, 2.75) is 12.8 Å². The highest BCUT2D eigenvalue weighted by atomic mass is 32.2. The van der Waals surface area contributed by atoms with Crippen LogP contribution in [0.4, 0.5) is 0 Å². The second kappa shape index (κ2) is 6.18. The molecule has 1 aromatic carbocycles. The minimum atomic E-state index is -0.388. The molecule has 0 spiro atoms. The van der Waals surface area contributed by atoms with Crippen LogP contribution in [0.5, 0.6) is 0 Å². The number of nitrogens with one attached hydrogen (secondary N) is 1. The maximum absolute atomic E-state index is 9.49. The van der Waals surface area contributed by atoms with Gasteiger partial charge >= 0.3 is 0 Å². The first-order valence-corrected chi connectivity index (χ1v) is 7.20. The Kier molecular flexibility index (Phi) is 4.34. The van der Waals surface area contributed by atoms with Gasteiger partial charge in [0.05, 0.1) is 34.2 Å². The van der Waals surface area contributed by atoms with Crippen molar-refractivity contribution >= 4 is 11.8 Å². The number of hydrogen-bond acceptors (Lipinski definition) is 5. The molecule has 1 atom stereocenters. The van der Waals surface area contributed by atoms with E-state index in [9.17, 15) is 10.5 Å². The molecular weight excluding hydrogens is 268 g/mol. The van der Waals surface area contributed by atoms with Crippen LogP contribution in [0.3, 0.4) is 0 Å². The second-order valence-corrected chi connectivity index (χ2v) is 5.47. The predicted molar refractivity (Wildman–Crippen MR) is 79.9 cm³/mol.